The zero-order chi connectivity index (χ0) is 32.8. The van der Waals surface area contributed by atoms with Crippen LogP contribution >= 0.6 is 10.2 Å². The van der Waals surface area contributed by atoms with E-state index >= 15 is 4.39 Å². The van der Waals surface area contributed by atoms with Gasteiger partial charge in [0.2, 0.25) is 5.91 Å². The monoisotopic (exact) mass is 656 g/mol. The van der Waals surface area contributed by atoms with Gasteiger partial charge in [-0.05, 0) is 80.0 Å². The Hall–Kier alpha value is -4.20. The minimum atomic E-state index is -9.97. The average Bonchev–Trinajstić information content (AvgIpc) is 3.58. The molecule has 2 fully saturated rings. The molecule has 2 amide bonds. The van der Waals surface area contributed by atoms with Gasteiger partial charge >= 0.3 is 16.2 Å². The maximum Gasteiger partial charge on any atom is 0.338 e. The van der Waals surface area contributed by atoms with Gasteiger partial charge in [-0.2, -0.15) is 0 Å². The maximum atomic E-state index is 15.1. The van der Waals surface area contributed by atoms with E-state index in [-0.39, 0.29) is 53.0 Å². The third-order valence-corrected chi connectivity index (χ3v) is 9.45. The molecule has 3 aromatic carbocycles. The fourth-order valence-electron chi connectivity index (χ4n) is 6.27. The molecule has 0 aliphatic heterocycles. The highest BCUT2D eigenvalue weighted by atomic mass is 32.5. The lowest BCUT2D eigenvalue weighted by Gasteiger charge is -2.40. The molecular weight excluding hydrogens is 626 g/mol. The van der Waals surface area contributed by atoms with E-state index in [4.69, 9.17) is 9.47 Å². The van der Waals surface area contributed by atoms with Crippen molar-refractivity contribution < 1.29 is 47.7 Å². The highest BCUT2D eigenvalue weighted by Gasteiger charge is 2.65. The zero-order valence-corrected chi connectivity index (χ0v) is 24.9. The number of ether oxygens (including phenoxy) is 2. The van der Waals surface area contributed by atoms with Crippen LogP contribution in [0.1, 0.15) is 46.9 Å². The fourth-order valence-corrected chi connectivity index (χ4v) is 6.95. The second-order valence-electron chi connectivity index (χ2n) is 11.2. The standard InChI is InChI=1S/C31H30F6N2O5S/c1-3-44-31(42)18-9-7-17(8-10-18)23-15-24(26(43-2)16-25(23)32)29(40)39-28-20-12-11-19(13-20)27(28)30(41)38-21-5-4-6-22(14-21)45(33,34,35,36)37/h4-10,14-16,19-20,27-28H,3,11-13H2,1-2H3,(H,38,41)(H,39,40). The summed E-state index contributed by atoms with van der Waals surface area (Å²) in [6.45, 7) is 1.85. The molecule has 45 heavy (non-hydrogen) atoms. The van der Waals surface area contributed by atoms with Crippen molar-refractivity contribution in [3.05, 3.63) is 77.6 Å². The van der Waals surface area contributed by atoms with Crippen LogP contribution in [-0.2, 0) is 9.53 Å². The first-order valence-corrected chi connectivity index (χ1v) is 16.0. The first-order valence-electron chi connectivity index (χ1n) is 14.1. The second-order valence-corrected chi connectivity index (χ2v) is 13.6. The predicted octanol–water partition coefficient (Wildman–Crippen LogP) is 8.12. The van der Waals surface area contributed by atoms with Gasteiger partial charge in [0.05, 0.1) is 30.8 Å². The van der Waals surface area contributed by atoms with Gasteiger partial charge < -0.3 is 20.1 Å². The summed E-state index contributed by atoms with van der Waals surface area (Å²) >= 11 is 0. The van der Waals surface area contributed by atoms with Crippen molar-refractivity contribution in [3.63, 3.8) is 0 Å². The minimum absolute atomic E-state index is 0.0334. The number of benzene rings is 3. The predicted molar refractivity (Wildman–Crippen MR) is 156 cm³/mol. The van der Waals surface area contributed by atoms with Crippen molar-refractivity contribution in [2.75, 3.05) is 19.0 Å². The quantitative estimate of drug-likeness (QED) is 0.179. The lowest BCUT2D eigenvalue weighted by molar-refractivity contribution is -0.122. The van der Waals surface area contributed by atoms with E-state index in [1.165, 1.54) is 37.4 Å². The maximum absolute atomic E-state index is 15.1. The summed E-state index contributed by atoms with van der Waals surface area (Å²) in [5.74, 6) is -3.86. The molecule has 0 saturated heterocycles. The average molecular weight is 657 g/mol. The summed E-state index contributed by atoms with van der Waals surface area (Å²) in [5, 5.41) is 5.17. The van der Waals surface area contributed by atoms with Crippen LogP contribution < -0.4 is 15.4 Å². The molecule has 5 rings (SSSR count). The van der Waals surface area contributed by atoms with E-state index in [1.54, 1.807) is 6.92 Å². The van der Waals surface area contributed by atoms with Crippen molar-refractivity contribution in [2.24, 2.45) is 17.8 Å². The number of methoxy groups -OCH3 is 1. The Morgan fingerprint density at radius 1 is 0.933 bits per heavy atom. The van der Waals surface area contributed by atoms with Crippen molar-refractivity contribution >= 4 is 33.7 Å². The molecule has 2 saturated carbocycles. The third kappa shape index (κ3) is 6.75. The fraction of sp³-hybridized carbons (Fsp3) is 0.323. The van der Waals surface area contributed by atoms with Crippen molar-refractivity contribution in [1.82, 2.24) is 5.32 Å². The lowest BCUT2D eigenvalue weighted by atomic mass is 9.83. The molecule has 242 valence electrons. The van der Waals surface area contributed by atoms with Gasteiger partial charge in [-0.3, -0.25) is 9.59 Å². The van der Waals surface area contributed by atoms with Crippen LogP contribution in [0, 0.1) is 23.6 Å². The number of nitrogens with one attached hydrogen (secondary N) is 2. The Morgan fingerprint density at radius 3 is 2.27 bits per heavy atom. The van der Waals surface area contributed by atoms with Gasteiger partial charge in [-0.1, -0.05) is 37.6 Å². The van der Waals surface area contributed by atoms with Gasteiger partial charge in [0.1, 0.15) is 16.5 Å². The first-order chi connectivity index (χ1) is 21.0. The highest BCUT2D eigenvalue weighted by Crippen LogP contribution is 3.02. The number of anilines is 1. The van der Waals surface area contributed by atoms with Gasteiger partial charge in [0.25, 0.3) is 5.91 Å². The molecule has 0 heterocycles. The molecule has 4 unspecified atom stereocenters. The number of fused-ring (bicyclic) bond motifs is 2. The number of esters is 1. The molecule has 4 atom stereocenters. The summed E-state index contributed by atoms with van der Waals surface area (Å²) in [4.78, 5) is 36.8. The summed E-state index contributed by atoms with van der Waals surface area (Å²) in [5.41, 5.74) is 0.186. The normalized spacial score (nSPS) is 22.2. The van der Waals surface area contributed by atoms with Crippen LogP contribution in [-0.4, -0.2) is 37.5 Å². The molecule has 2 aliphatic carbocycles. The van der Waals surface area contributed by atoms with Gasteiger partial charge in [-0.15, -0.1) is 0 Å². The van der Waals surface area contributed by atoms with Gasteiger partial charge in [0.15, 0.2) is 0 Å². The molecule has 2 N–H and O–H groups in total. The van der Waals surface area contributed by atoms with Crippen LogP contribution in [0.5, 0.6) is 5.75 Å². The molecule has 7 nitrogen and oxygen atoms in total. The van der Waals surface area contributed by atoms with E-state index in [2.05, 4.69) is 10.6 Å². The van der Waals surface area contributed by atoms with Crippen molar-refractivity contribution in [3.8, 4) is 16.9 Å². The third-order valence-electron chi connectivity index (χ3n) is 8.30. The Morgan fingerprint density at radius 2 is 1.62 bits per heavy atom. The van der Waals surface area contributed by atoms with Crippen LogP contribution in [0.3, 0.4) is 0 Å². The van der Waals surface area contributed by atoms with Crippen LogP contribution in [0.25, 0.3) is 11.1 Å². The number of carbonyl (C=O) groups excluding carboxylic acids is 3. The van der Waals surface area contributed by atoms with Crippen LogP contribution in [0.4, 0.5) is 29.5 Å². The number of halogens is 6. The Labute approximate surface area is 255 Å². The first kappa shape index (κ1) is 32.2. The summed E-state index contributed by atoms with van der Waals surface area (Å²) in [7, 11) is -8.72. The van der Waals surface area contributed by atoms with Crippen LogP contribution in [0.15, 0.2) is 65.6 Å². The van der Waals surface area contributed by atoms with Gasteiger partial charge in [0, 0.05) is 23.4 Å². The molecule has 0 radical (unpaired) electrons. The van der Waals surface area contributed by atoms with Crippen LogP contribution in [0.2, 0.25) is 0 Å². The van der Waals surface area contributed by atoms with E-state index in [0.717, 1.165) is 18.2 Å². The molecular formula is C31H30F6N2O5S. The van der Waals surface area contributed by atoms with E-state index < -0.39 is 56.4 Å². The molecule has 2 aliphatic rings. The Kier molecular flexibility index (Phi) is 7.87. The summed E-state index contributed by atoms with van der Waals surface area (Å²) in [6, 6.07) is 9.84. The summed E-state index contributed by atoms with van der Waals surface area (Å²) in [6.07, 6.45) is 1.91. The zero-order valence-electron chi connectivity index (χ0n) is 24.1. The number of carbonyl (C=O) groups is 3. The van der Waals surface area contributed by atoms with E-state index in [9.17, 15) is 33.8 Å². The molecule has 3 aromatic rings. The van der Waals surface area contributed by atoms with E-state index in [1.807, 2.05) is 0 Å². The molecule has 14 heteroatoms. The Balaban J connectivity index is 1.39. The minimum Gasteiger partial charge on any atom is -0.496 e. The smallest absolute Gasteiger partial charge is 0.338 e. The second kappa shape index (κ2) is 11.0. The highest BCUT2D eigenvalue weighted by molar-refractivity contribution is 8.45. The number of hydrogen-bond donors (Lipinski definition) is 2. The Bertz CT molecular complexity index is 1670. The largest absolute Gasteiger partial charge is 0.496 e. The number of amides is 2. The van der Waals surface area contributed by atoms with E-state index in [0.29, 0.717) is 24.8 Å². The molecule has 0 spiro atoms. The van der Waals surface area contributed by atoms with Crippen molar-refractivity contribution in [2.45, 2.75) is 37.1 Å². The number of hydrogen-bond acceptors (Lipinski definition) is 5. The number of rotatable bonds is 9. The SMILES string of the molecule is CCOC(=O)c1ccc(-c2cc(C(=O)NC3C4CCC(C4)C3C(=O)Nc3cccc(S(F)(F)(F)(F)F)c3)c(OC)cc2F)cc1. The molecule has 2 bridgehead atoms. The topological polar surface area (TPSA) is 93.7 Å². The molecule has 0 aromatic heterocycles. The summed E-state index contributed by atoms with van der Waals surface area (Å²) < 4.78 is 92.1. The van der Waals surface area contributed by atoms with Crippen molar-refractivity contribution in [1.29, 1.82) is 0 Å². The lowest BCUT2D eigenvalue weighted by Crippen LogP contribution is -2.48. The van der Waals surface area contributed by atoms with Gasteiger partial charge in [-0.25, -0.2) is 9.18 Å².